The van der Waals surface area contributed by atoms with E-state index in [0.29, 0.717) is 18.2 Å². The molecule has 0 saturated carbocycles. The Morgan fingerprint density at radius 1 is 1.20 bits per heavy atom. The number of hydrogen-bond donors (Lipinski definition) is 2. The molecule has 4 nitrogen and oxygen atoms in total. The minimum absolute atomic E-state index is 0.177. The molecule has 0 radical (unpaired) electrons. The molecule has 0 spiro atoms. The van der Waals surface area contributed by atoms with E-state index in [4.69, 9.17) is 11.6 Å². The third-order valence-electron chi connectivity index (χ3n) is 3.22. The Morgan fingerprint density at radius 3 is 2.52 bits per heavy atom. The first-order valence-electron chi connectivity index (χ1n) is 7.55. The average molecular weight is 372 g/mol. The molecule has 0 fully saturated rings. The van der Waals surface area contributed by atoms with Gasteiger partial charge in [0.25, 0.3) is 5.91 Å². The maximum atomic E-state index is 12.9. The standard InChI is InChI=1S/C17H17ClF3N3O/c1-10(2)9-23-16(25)15-8-12(5-6-22-15)24-11-3-4-14(18)13(7-11)17(19,20)21/h3-8,10H,9H2,1-2H3,(H,22,24)(H,23,25). The molecular weight excluding hydrogens is 355 g/mol. The van der Waals surface area contributed by atoms with E-state index in [2.05, 4.69) is 15.6 Å². The summed E-state index contributed by atoms with van der Waals surface area (Å²) in [5, 5.41) is 5.18. The van der Waals surface area contributed by atoms with Crippen LogP contribution in [0.5, 0.6) is 0 Å². The third-order valence-corrected chi connectivity index (χ3v) is 3.55. The highest BCUT2D eigenvalue weighted by molar-refractivity contribution is 6.31. The van der Waals surface area contributed by atoms with Gasteiger partial charge >= 0.3 is 6.18 Å². The Labute approximate surface area is 148 Å². The molecule has 0 aliphatic carbocycles. The zero-order chi connectivity index (χ0) is 18.6. The number of hydrogen-bond acceptors (Lipinski definition) is 3. The fraction of sp³-hybridized carbons (Fsp3) is 0.294. The van der Waals surface area contributed by atoms with Gasteiger partial charge in [0.05, 0.1) is 10.6 Å². The topological polar surface area (TPSA) is 54.0 Å². The zero-order valence-corrected chi connectivity index (χ0v) is 14.4. The summed E-state index contributed by atoms with van der Waals surface area (Å²) in [7, 11) is 0. The summed E-state index contributed by atoms with van der Waals surface area (Å²) in [6.45, 7) is 4.43. The molecule has 8 heteroatoms. The summed E-state index contributed by atoms with van der Waals surface area (Å²) in [4.78, 5) is 16.0. The van der Waals surface area contributed by atoms with Crippen LogP contribution < -0.4 is 10.6 Å². The van der Waals surface area contributed by atoms with Crippen molar-refractivity contribution in [2.75, 3.05) is 11.9 Å². The molecule has 0 saturated heterocycles. The summed E-state index contributed by atoms with van der Waals surface area (Å²) in [6.07, 6.45) is -3.14. The van der Waals surface area contributed by atoms with E-state index in [1.165, 1.54) is 24.4 Å². The van der Waals surface area contributed by atoms with Gasteiger partial charge < -0.3 is 10.6 Å². The van der Waals surface area contributed by atoms with Gasteiger partial charge in [0, 0.05) is 24.1 Å². The van der Waals surface area contributed by atoms with Crippen molar-refractivity contribution in [2.24, 2.45) is 5.92 Å². The molecule has 25 heavy (non-hydrogen) atoms. The van der Waals surface area contributed by atoms with E-state index >= 15 is 0 Å². The van der Waals surface area contributed by atoms with E-state index in [0.717, 1.165) is 6.07 Å². The van der Waals surface area contributed by atoms with Crippen LogP contribution in [-0.4, -0.2) is 17.4 Å². The van der Waals surface area contributed by atoms with Crippen LogP contribution in [0.25, 0.3) is 0 Å². The predicted octanol–water partition coefficient (Wildman–Crippen LogP) is 4.88. The first-order chi connectivity index (χ1) is 11.7. The van der Waals surface area contributed by atoms with E-state index in [9.17, 15) is 18.0 Å². The molecule has 1 aromatic heterocycles. The van der Waals surface area contributed by atoms with Crippen LogP contribution in [0.4, 0.5) is 24.5 Å². The molecular formula is C17H17ClF3N3O. The van der Waals surface area contributed by atoms with Crippen LogP contribution >= 0.6 is 11.6 Å². The van der Waals surface area contributed by atoms with Gasteiger partial charge in [-0.3, -0.25) is 9.78 Å². The van der Waals surface area contributed by atoms with Crippen molar-refractivity contribution in [3.63, 3.8) is 0 Å². The molecule has 2 rings (SSSR count). The highest BCUT2D eigenvalue weighted by Gasteiger charge is 2.33. The van der Waals surface area contributed by atoms with Crippen LogP contribution in [-0.2, 0) is 6.18 Å². The maximum absolute atomic E-state index is 12.9. The van der Waals surface area contributed by atoms with E-state index in [1.54, 1.807) is 6.07 Å². The number of rotatable bonds is 5. The largest absolute Gasteiger partial charge is 0.417 e. The molecule has 134 valence electrons. The Kier molecular flexibility index (Phi) is 5.89. The lowest BCUT2D eigenvalue weighted by Crippen LogP contribution is -2.28. The summed E-state index contributed by atoms with van der Waals surface area (Å²) in [5.41, 5.74) is -0.101. The number of nitrogens with one attached hydrogen (secondary N) is 2. The Bertz CT molecular complexity index is 763. The summed E-state index contributed by atoms with van der Waals surface area (Å²) < 4.78 is 38.7. The van der Waals surface area contributed by atoms with Crippen molar-refractivity contribution < 1.29 is 18.0 Å². The molecule has 0 aliphatic rings. The van der Waals surface area contributed by atoms with Crippen molar-refractivity contribution in [2.45, 2.75) is 20.0 Å². The second kappa shape index (κ2) is 7.74. The Hall–Kier alpha value is -2.28. The highest BCUT2D eigenvalue weighted by Crippen LogP contribution is 2.36. The van der Waals surface area contributed by atoms with E-state index in [1.807, 2.05) is 13.8 Å². The third kappa shape index (κ3) is 5.35. The van der Waals surface area contributed by atoms with Crippen molar-refractivity contribution in [3.8, 4) is 0 Å². The first kappa shape index (κ1) is 19.1. The fourth-order valence-corrected chi connectivity index (χ4v) is 2.23. The van der Waals surface area contributed by atoms with Crippen molar-refractivity contribution in [3.05, 3.63) is 52.8 Å². The molecule has 1 heterocycles. The normalized spacial score (nSPS) is 11.5. The maximum Gasteiger partial charge on any atom is 0.417 e. The number of anilines is 2. The van der Waals surface area contributed by atoms with Crippen LogP contribution in [0, 0.1) is 5.92 Å². The molecule has 1 amide bonds. The molecule has 0 bridgehead atoms. The van der Waals surface area contributed by atoms with Gasteiger partial charge in [-0.2, -0.15) is 13.2 Å². The Morgan fingerprint density at radius 2 is 1.88 bits per heavy atom. The lowest BCUT2D eigenvalue weighted by molar-refractivity contribution is -0.137. The zero-order valence-electron chi connectivity index (χ0n) is 13.6. The van der Waals surface area contributed by atoms with Gasteiger partial charge in [0.2, 0.25) is 0 Å². The number of aromatic nitrogens is 1. The lowest BCUT2D eigenvalue weighted by Gasteiger charge is -2.13. The number of nitrogens with zero attached hydrogens (tertiary/aromatic N) is 1. The molecule has 0 unspecified atom stereocenters. The number of amides is 1. The van der Waals surface area contributed by atoms with Gasteiger partial charge in [0.1, 0.15) is 5.69 Å². The minimum Gasteiger partial charge on any atom is -0.355 e. The number of benzene rings is 1. The molecule has 2 aromatic rings. The Balaban J connectivity index is 2.19. The average Bonchev–Trinajstić information content (AvgIpc) is 2.53. The summed E-state index contributed by atoms with van der Waals surface area (Å²) >= 11 is 5.60. The highest BCUT2D eigenvalue weighted by atomic mass is 35.5. The molecule has 0 atom stereocenters. The van der Waals surface area contributed by atoms with Crippen molar-refractivity contribution in [1.29, 1.82) is 0 Å². The van der Waals surface area contributed by atoms with Crippen molar-refractivity contribution >= 4 is 28.9 Å². The van der Waals surface area contributed by atoms with Crippen LogP contribution in [0.3, 0.4) is 0 Å². The van der Waals surface area contributed by atoms with Gasteiger partial charge in [-0.05, 0) is 36.2 Å². The molecule has 0 aliphatic heterocycles. The summed E-state index contributed by atoms with van der Waals surface area (Å²) in [5.74, 6) is -0.0513. The van der Waals surface area contributed by atoms with Crippen LogP contribution in [0.1, 0.15) is 29.9 Å². The second-order valence-electron chi connectivity index (χ2n) is 5.85. The molecule has 1 aromatic carbocycles. The lowest BCUT2D eigenvalue weighted by atomic mass is 10.2. The SMILES string of the molecule is CC(C)CNC(=O)c1cc(Nc2ccc(Cl)c(C(F)(F)F)c2)ccn1. The van der Waals surface area contributed by atoms with Gasteiger partial charge in [-0.15, -0.1) is 0 Å². The van der Waals surface area contributed by atoms with E-state index < -0.39 is 11.7 Å². The fourth-order valence-electron chi connectivity index (χ4n) is 2.01. The number of alkyl halides is 3. The predicted molar refractivity (Wildman–Crippen MR) is 91.1 cm³/mol. The monoisotopic (exact) mass is 371 g/mol. The second-order valence-corrected chi connectivity index (χ2v) is 6.26. The van der Waals surface area contributed by atoms with Crippen molar-refractivity contribution in [1.82, 2.24) is 10.3 Å². The van der Waals surface area contributed by atoms with Crippen LogP contribution in [0.15, 0.2) is 36.5 Å². The smallest absolute Gasteiger partial charge is 0.355 e. The van der Waals surface area contributed by atoms with Crippen LogP contribution in [0.2, 0.25) is 5.02 Å². The quantitative estimate of drug-likeness (QED) is 0.787. The first-order valence-corrected chi connectivity index (χ1v) is 7.92. The summed E-state index contributed by atoms with van der Waals surface area (Å²) in [6, 6.07) is 6.54. The minimum atomic E-state index is -4.55. The molecule has 2 N–H and O–H groups in total. The van der Waals surface area contributed by atoms with Gasteiger partial charge in [-0.1, -0.05) is 25.4 Å². The number of carbonyl (C=O) groups excluding carboxylic acids is 1. The number of halogens is 4. The van der Waals surface area contributed by atoms with Gasteiger partial charge in [-0.25, -0.2) is 0 Å². The number of pyridine rings is 1. The van der Waals surface area contributed by atoms with E-state index in [-0.39, 0.29) is 22.3 Å². The van der Waals surface area contributed by atoms with Gasteiger partial charge in [0.15, 0.2) is 0 Å². The number of carbonyl (C=O) groups is 1.